The van der Waals surface area contributed by atoms with Gasteiger partial charge in [0.15, 0.2) is 0 Å². The summed E-state index contributed by atoms with van der Waals surface area (Å²) in [5.74, 6) is 0.146. The summed E-state index contributed by atoms with van der Waals surface area (Å²) in [7, 11) is 0. The molecule has 1 aliphatic rings. The summed E-state index contributed by atoms with van der Waals surface area (Å²) in [6.45, 7) is 6.79. The first kappa shape index (κ1) is 15.2. The van der Waals surface area contributed by atoms with Gasteiger partial charge in [-0.2, -0.15) is 0 Å². The van der Waals surface area contributed by atoms with Crippen molar-refractivity contribution in [3.63, 3.8) is 0 Å². The number of benzene rings is 1. The first-order valence-corrected chi connectivity index (χ1v) is 8.34. The Balaban J connectivity index is 1.74. The highest BCUT2D eigenvalue weighted by molar-refractivity contribution is 7.12. The molecule has 5 heteroatoms. The summed E-state index contributed by atoms with van der Waals surface area (Å²) in [5.41, 5.74) is 3.35. The molecular weight excluding hydrogens is 296 g/mol. The fourth-order valence-electron chi connectivity index (χ4n) is 2.56. The van der Waals surface area contributed by atoms with Crippen LogP contribution in [0.1, 0.15) is 15.4 Å². The minimum absolute atomic E-state index is 0.146. The van der Waals surface area contributed by atoms with E-state index in [9.17, 15) is 4.79 Å². The first-order chi connectivity index (χ1) is 10.6. The second kappa shape index (κ2) is 6.58. The number of hydrogen-bond donors (Lipinski definition) is 0. The van der Waals surface area contributed by atoms with Crippen molar-refractivity contribution in [2.45, 2.75) is 20.3 Å². The number of aromatic nitrogens is 1. The average Bonchev–Trinajstić information content (AvgIpc) is 2.89. The topological polar surface area (TPSA) is 42.4 Å². The molecule has 1 fully saturated rings. The van der Waals surface area contributed by atoms with E-state index in [4.69, 9.17) is 4.74 Å². The van der Waals surface area contributed by atoms with Crippen molar-refractivity contribution in [3.8, 4) is 11.3 Å². The molecule has 0 N–H and O–H groups in total. The maximum atomic E-state index is 12.3. The molecule has 0 atom stereocenters. The van der Waals surface area contributed by atoms with E-state index in [0.717, 1.165) is 21.1 Å². The summed E-state index contributed by atoms with van der Waals surface area (Å²) in [6.07, 6.45) is 0.386. The Labute approximate surface area is 134 Å². The van der Waals surface area contributed by atoms with E-state index in [1.54, 1.807) is 11.3 Å². The SMILES string of the molecule is Cc1ccc(-c2nc(CC(=O)N3CCOCC3)sc2C)cc1. The van der Waals surface area contributed by atoms with Crippen LogP contribution in [0.5, 0.6) is 0 Å². The van der Waals surface area contributed by atoms with Crippen molar-refractivity contribution in [1.82, 2.24) is 9.88 Å². The second-order valence-electron chi connectivity index (χ2n) is 5.55. The van der Waals surface area contributed by atoms with Crippen LogP contribution < -0.4 is 0 Å². The maximum absolute atomic E-state index is 12.3. The van der Waals surface area contributed by atoms with Crippen LogP contribution in [0.4, 0.5) is 0 Å². The molecule has 4 nitrogen and oxygen atoms in total. The number of morpholine rings is 1. The summed E-state index contributed by atoms with van der Waals surface area (Å²) >= 11 is 1.62. The van der Waals surface area contributed by atoms with Crippen LogP contribution in [-0.4, -0.2) is 42.1 Å². The Kier molecular flexibility index (Phi) is 4.55. The van der Waals surface area contributed by atoms with E-state index in [0.29, 0.717) is 32.7 Å². The van der Waals surface area contributed by atoms with Gasteiger partial charge in [-0.25, -0.2) is 4.98 Å². The number of ether oxygens (including phenoxy) is 1. The van der Waals surface area contributed by atoms with Crippen LogP contribution in [0.3, 0.4) is 0 Å². The fourth-order valence-corrected chi connectivity index (χ4v) is 3.51. The summed E-state index contributed by atoms with van der Waals surface area (Å²) < 4.78 is 5.28. The lowest BCUT2D eigenvalue weighted by atomic mass is 10.1. The number of carbonyl (C=O) groups is 1. The van der Waals surface area contributed by atoms with Gasteiger partial charge in [-0.15, -0.1) is 11.3 Å². The third kappa shape index (κ3) is 3.36. The molecule has 22 heavy (non-hydrogen) atoms. The van der Waals surface area contributed by atoms with Gasteiger partial charge in [0.25, 0.3) is 0 Å². The molecule has 0 radical (unpaired) electrons. The van der Waals surface area contributed by atoms with Crippen LogP contribution in [0, 0.1) is 13.8 Å². The standard InChI is InChI=1S/C17H20N2O2S/c1-12-3-5-14(6-4-12)17-13(2)22-15(18-17)11-16(20)19-7-9-21-10-8-19/h3-6H,7-11H2,1-2H3. The Bertz CT molecular complexity index is 658. The second-order valence-corrected chi connectivity index (χ2v) is 6.84. The van der Waals surface area contributed by atoms with Crippen LogP contribution in [0.2, 0.25) is 0 Å². The molecule has 2 heterocycles. The molecule has 1 aromatic heterocycles. The number of nitrogens with zero attached hydrogens (tertiary/aromatic N) is 2. The number of rotatable bonds is 3. The van der Waals surface area contributed by atoms with Gasteiger partial charge in [0.1, 0.15) is 5.01 Å². The zero-order chi connectivity index (χ0) is 15.5. The predicted molar refractivity (Wildman–Crippen MR) is 88.1 cm³/mol. The molecule has 2 aromatic rings. The smallest absolute Gasteiger partial charge is 0.229 e. The van der Waals surface area contributed by atoms with E-state index >= 15 is 0 Å². The number of thiazole rings is 1. The van der Waals surface area contributed by atoms with Crippen molar-refractivity contribution in [1.29, 1.82) is 0 Å². The van der Waals surface area contributed by atoms with Gasteiger partial charge in [0.05, 0.1) is 25.3 Å². The summed E-state index contributed by atoms with van der Waals surface area (Å²) in [5, 5.41) is 0.893. The van der Waals surface area contributed by atoms with Crippen molar-refractivity contribution in [2.75, 3.05) is 26.3 Å². The number of aryl methyl sites for hydroxylation is 2. The lowest BCUT2D eigenvalue weighted by Gasteiger charge is -2.26. The Morgan fingerprint density at radius 2 is 1.91 bits per heavy atom. The average molecular weight is 316 g/mol. The zero-order valence-corrected chi connectivity index (χ0v) is 13.8. The highest BCUT2D eigenvalue weighted by Gasteiger charge is 2.19. The quantitative estimate of drug-likeness (QED) is 0.874. The van der Waals surface area contributed by atoms with Crippen LogP contribution >= 0.6 is 11.3 Å². The normalized spacial score (nSPS) is 15.1. The molecule has 1 aliphatic heterocycles. The van der Waals surface area contributed by atoms with Crippen molar-refractivity contribution >= 4 is 17.2 Å². The molecule has 0 aliphatic carbocycles. The zero-order valence-electron chi connectivity index (χ0n) is 13.0. The Morgan fingerprint density at radius 1 is 1.23 bits per heavy atom. The van der Waals surface area contributed by atoms with Gasteiger partial charge in [0.2, 0.25) is 5.91 Å². The van der Waals surface area contributed by atoms with Gasteiger partial charge >= 0.3 is 0 Å². The molecule has 0 bridgehead atoms. The summed E-state index contributed by atoms with van der Waals surface area (Å²) in [6, 6.07) is 8.36. The van der Waals surface area contributed by atoms with Gasteiger partial charge in [0, 0.05) is 23.5 Å². The largest absolute Gasteiger partial charge is 0.378 e. The Hall–Kier alpha value is -1.72. The maximum Gasteiger partial charge on any atom is 0.229 e. The highest BCUT2D eigenvalue weighted by atomic mass is 32.1. The predicted octanol–water partition coefficient (Wildman–Crippen LogP) is 2.83. The first-order valence-electron chi connectivity index (χ1n) is 7.52. The van der Waals surface area contributed by atoms with Crippen LogP contribution in [0.15, 0.2) is 24.3 Å². The van der Waals surface area contributed by atoms with Gasteiger partial charge in [-0.1, -0.05) is 29.8 Å². The minimum Gasteiger partial charge on any atom is -0.378 e. The molecule has 0 unspecified atom stereocenters. The number of hydrogen-bond acceptors (Lipinski definition) is 4. The molecule has 0 saturated carbocycles. The lowest BCUT2D eigenvalue weighted by molar-refractivity contribution is -0.134. The third-order valence-corrected chi connectivity index (χ3v) is 4.80. The van der Waals surface area contributed by atoms with Gasteiger partial charge in [-0.3, -0.25) is 4.79 Å². The highest BCUT2D eigenvalue weighted by Crippen LogP contribution is 2.28. The van der Waals surface area contributed by atoms with Crippen molar-refractivity contribution in [2.24, 2.45) is 0 Å². The third-order valence-electron chi connectivity index (χ3n) is 3.83. The van der Waals surface area contributed by atoms with E-state index in [2.05, 4.69) is 43.1 Å². The van der Waals surface area contributed by atoms with Crippen LogP contribution in [-0.2, 0) is 16.0 Å². The van der Waals surface area contributed by atoms with E-state index < -0.39 is 0 Å². The molecule has 1 aromatic carbocycles. The van der Waals surface area contributed by atoms with Crippen molar-refractivity contribution in [3.05, 3.63) is 39.7 Å². The van der Waals surface area contributed by atoms with Crippen molar-refractivity contribution < 1.29 is 9.53 Å². The van der Waals surface area contributed by atoms with E-state index in [-0.39, 0.29) is 5.91 Å². The molecule has 3 rings (SSSR count). The van der Waals surface area contributed by atoms with Crippen LogP contribution in [0.25, 0.3) is 11.3 Å². The van der Waals surface area contributed by atoms with Gasteiger partial charge < -0.3 is 9.64 Å². The lowest BCUT2D eigenvalue weighted by Crippen LogP contribution is -2.41. The Morgan fingerprint density at radius 3 is 2.59 bits per heavy atom. The number of carbonyl (C=O) groups excluding carboxylic acids is 1. The minimum atomic E-state index is 0.146. The summed E-state index contributed by atoms with van der Waals surface area (Å²) in [4.78, 5) is 20.0. The molecular formula is C17H20N2O2S. The molecule has 1 saturated heterocycles. The monoisotopic (exact) mass is 316 g/mol. The number of amides is 1. The molecule has 116 valence electrons. The fraction of sp³-hybridized carbons (Fsp3) is 0.412. The van der Waals surface area contributed by atoms with E-state index in [1.165, 1.54) is 5.56 Å². The van der Waals surface area contributed by atoms with Gasteiger partial charge in [-0.05, 0) is 13.8 Å². The molecule has 0 spiro atoms. The molecule has 1 amide bonds. The van der Waals surface area contributed by atoms with E-state index in [1.807, 2.05) is 4.90 Å².